The fourth-order valence-corrected chi connectivity index (χ4v) is 5.51. The average molecular weight is 407 g/mol. The summed E-state index contributed by atoms with van der Waals surface area (Å²) in [5.74, 6) is 3.04. The SMILES string of the molecule is CC=CC1CCC(C2CCC(c3ccc(OCCCC)c(Cl)c3F)CC2)CC1. The molecule has 0 bridgehead atoms. The highest BCUT2D eigenvalue weighted by Gasteiger charge is 2.32. The van der Waals surface area contributed by atoms with Gasteiger partial charge in [0, 0.05) is 0 Å². The molecule has 1 nitrogen and oxygen atoms in total. The van der Waals surface area contributed by atoms with Crippen molar-refractivity contribution in [3.8, 4) is 5.75 Å². The molecule has 0 saturated heterocycles. The summed E-state index contributed by atoms with van der Waals surface area (Å²) in [6.45, 7) is 4.83. The highest BCUT2D eigenvalue weighted by Crippen LogP contribution is 2.45. The van der Waals surface area contributed by atoms with Crippen LogP contribution >= 0.6 is 11.6 Å². The van der Waals surface area contributed by atoms with Gasteiger partial charge in [0.05, 0.1) is 6.61 Å². The van der Waals surface area contributed by atoms with Crippen LogP contribution in [0.3, 0.4) is 0 Å². The zero-order chi connectivity index (χ0) is 19.9. The van der Waals surface area contributed by atoms with Gasteiger partial charge in [0.1, 0.15) is 16.6 Å². The molecule has 0 aliphatic heterocycles. The largest absolute Gasteiger partial charge is 0.492 e. The van der Waals surface area contributed by atoms with Crippen molar-refractivity contribution in [1.29, 1.82) is 0 Å². The number of allylic oxidation sites excluding steroid dienone is 2. The lowest BCUT2D eigenvalue weighted by Gasteiger charge is -2.37. The molecule has 0 spiro atoms. The molecule has 3 rings (SSSR count). The monoisotopic (exact) mass is 406 g/mol. The predicted molar refractivity (Wildman–Crippen MR) is 117 cm³/mol. The van der Waals surface area contributed by atoms with Crippen LogP contribution in [0.15, 0.2) is 24.3 Å². The molecule has 0 unspecified atom stereocenters. The zero-order valence-corrected chi connectivity index (χ0v) is 18.3. The minimum Gasteiger partial charge on any atom is -0.492 e. The van der Waals surface area contributed by atoms with Gasteiger partial charge in [-0.15, -0.1) is 0 Å². The number of rotatable bonds is 7. The summed E-state index contributed by atoms with van der Waals surface area (Å²) < 4.78 is 20.6. The van der Waals surface area contributed by atoms with Crippen molar-refractivity contribution in [2.24, 2.45) is 17.8 Å². The molecule has 2 saturated carbocycles. The fraction of sp³-hybridized carbons (Fsp3) is 0.680. The fourth-order valence-electron chi connectivity index (χ4n) is 5.28. The first-order valence-electron chi connectivity index (χ1n) is 11.4. The van der Waals surface area contributed by atoms with E-state index in [1.165, 1.54) is 38.5 Å². The quantitative estimate of drug-likeness (QED) is 0.326. The number of unbranched alkanes of at least 4 members (excludes halogenated alkanes) is 1. The third-order valence-electron chi connectivity index (χ3n) is 6.99. The van der Waals surface area contributed by atoms with Crippen LogP contribution in [0.5, 0.6) is 5.75 Å². The summed E-state index contributed by atoms with van der Waals surface area (Å²) in [7, 11) is 0. The van der Waals surface area contributed by atoms with Gasteiger partial charge in [0.25, 0.3) is 0 Å². The van der Waals surface area contributed by atoms with E-state index in [0.29, 0.717) is 18.3 Å². The van der Waals surface area contributed by atoms with Crippen molar-refractivity contribution in [3.05, 3.63) is 40.7 Å². The van der Waals surface area contributed by atoms with Gasteiger partial charge < -0.3 is 4.74 Å². The normalized spacial score (nSPS) is 28.6. The Labute approximate surface area is 175 Å². The average Bonchev–Trinajstić information content (AvgIpc) is 2.72. The summed E-state index contributed by atoms with van der Waals surface area (Å²) in [4.78, 5) is 0. The van der Waals surface area contributed by atoms with Crippen LogP contribution in [-0.4, -0.2) is 6.61 Å². The van der Waals surface area contributed by atoms with Crippen LogP contribution in [0.4, 0.5) is 4.39 Å². The highest BCUT2D eigenvalue weighted by atomic mass is 35.5. The van der Waals surface area contributed by atoms with Crippen LogP contribution in [0.2, 0.25) is 5.02 Å². The van der Waals surface area contributed by atoms with Gasteiger partial charge in [-0.25, -0.2) is 4.39 Å². The van der Waals surface area contributed by atoms with Crippen molar-refractivity contribution >= 4 is 11.6 Å². The summed E-state index contributed by atoms with van der Waals surface area (Å²) in [6, 6.07) is 3.78. The van der Waals surface area contributed by atoms with E-state index in [1.807, 2.05) is 12.1 Å². The third-order valence-corrected chi connectivity index (χ3v) is 7.34. The first kappa shape index (κ1) is 21.7. The van der Waals surface area contributed by atoms with Crippen molar-refractivity contribution in [3.63, 3.8) is 0 Å². The van der Waals surface area contributed by atoms with Crippen LogP contribution in [0.25, 0.3) is 0 Å². The van der Waals surface area contributed by atoms with E-state index < -0.39 is 0 Å². The first-order chi connectivity index (χ1) is 13.6. The van der Waals surface area contributed by atoms with E-state index in [2.05, 4.69) is 26.0 Å². The second-order valence-corrected chi connectivity index (χ2v) is 9.17. The Morgan fingerprint density at radius 3 is 2.29 bits per heavy atom. The number of benzene rings is 1. The lowest BCUT2D eigenvalue weighted by atomic mass is 9.68. The summed E-state index contributed by atoms with van der Waals surface area (Å²) in [6.07, 6.45) is 16.7. The predicted octanol–water partition coefficient (Wildman–Crippen LogP) is 8.31. The van der Waals surface area contributed by atoms with Gasteiger partial charge in [-0.1, -0.05) is 43.2 Å². The zero-order valence-electron chi connectivity index (χ0n) is 17.6. The van der Waals surface area contributed by atoms with E-state index in [4.69, 9.17) is 16.3 Å². The van der Waals surface area contributed by atoms with E-state index in [9.17, 15) is 4.39 Å². The molecular formula is C25H36ClFO. The van der Waals surface area contributed by atoms with Crippen molar-refractivity contribution in [2.45, 2.75) is 84.0 Å². The van der Waals surface area contributed by atoms with E-state index in [1.54, 1.807) is 0 Å². The van der Waals surface area contributed by atoms with E-state index >= 15 is 0 Å². The van der Waals surface area contributed by atoms with Gasteiger partial charge in [-0.2, -0.15) is 0 Å². The van der Waals surface area contributed by atoms with Crippen LogP contribution < -0.4 is 4.74 Å². The lowest BCUT2D eigenvalue weighted by Crippen LogP contribution is -2.25. The standard InChI is InChI=1S/C25H36ClFO/c1-3-5-17-28-23-16-15-22(25(27)24(23)26)21-13-11-20(12-14-21)19-9-7-18(6-4-2)8-10-19/h4,6,15-16,18-21H,3,5,7-14,17H2,1-2H3. The molecular weight excluding hydrogens is 371 g/mol. The molecule has 2 aliphatic rings. The minimum atomic E-state index is -0.258. The summed E-state index contributed by atoms with van der Waals surface area (Å²) in [5, 5.41) is 0.165. The number of ether oxygens (including phenoxy) is 1. The van der Waals surface area contributed by atoms with Crippen LogP contribution in [0.1, 0.15) is 89.5 Å². The Morgan fingerprint density at radius 1 is 1.04 bits per heavy atom. The van der Waals surface area contributed by atoms with E-state index in [-0.39, 0.29) is 10.8 Å². The molecule has 28 heavy (non-hydrogen) atoms. The lowest BCUT2D eigenvalue weighted by molar-refractivity contribution is 0.171. The molecule has 3 heteroatoms. The molecule has 0 amide bonds. The Balaban J connectivity index is 1.54. The number of hydrogen-bond donors (Lipinski definition) is 0. The molecule has 156 valence electrons. The van der Waals surface area contributed by atoms with Crippen molar-refractivity contribution in [2.75, 3.05) is 6.61 Å². The molecule has 2 fully saturated rings. The molecule has 0 heterocycles. The molecule has 1 aromatic rings. The van der Waals surface area contributed by atoms with Gasteiger partial charge >= 0.3 is 0 Å². The van der Waals surface area contributed by atoms with E-state index in [0.717, 1.165) is 49.0 Å². The Kier molecular flexibility index (Phi) is 8.26. The molecule has 0 aromatic heterocycles. The Hall–Kier alpha value is -1.02. The molecule has 0 radical (unpaired) electrons. The third kappa shape index (κ3) is 5.32. The number of halogens is 2. The maximum Gasteiger partial charge on any atom is 0.149 e. The van der Waals surface area contributed by atoms with Gasteiger partial charge in [0.15, 0.2) is 0 Å². The smallest absolute Gasteiger partial charge is 0.149 e. The number of hydrogen-bond acceptors (Lipinski definition) is 1. The molecule has 2 aliphatic carbocycles. The van der Waals surface area contributed by atoms with Gasteiger partial charge in [-0.3, -0.25) is 0 Å². The molecule has 1 aromatic carbocycles. The Morgan fingerprint density at radius 2 is 1.68 bits per heavy atom. The van der Waals surface area contributed by atoms with Crippen LogP contribution in [-0.2, 0) is 0 Å². The Bertz CT molecular complexity index is 640. The topological polar surface area (TPSA) is 9.23 Å². The van der Waals surface area contributed by atoms with Gasteiger partial charge in [0.2, 0.25) is 0 Å². The maximum atomic E-state index is 14.9. The molecule has 0 N–H and O–H groups in total. The second-order valence-electron chi connectivity index (χ2n) is 8.80. The molecule has 0 atom stereocenters. The van der Waals surface area contributed by atoms with Crippen molar-refractivity contribution in [1.82, 2.24) is 0 Å². The first-order valence-corrected chi connectivity index (χ1v) is 11.7. The van der Waals surface area contributed by atoms with Crippen molar-refractivity contribution < 1.29 is 9.13 Å². The van der Waals surface area contributed by atoms with Crippen LogP contribution in [0, 0.1) is 23.6 Å². The minimum absolute atomic E-state index is 0.165. The maximum absolute atomic E-state index is 14.9. The summed E-state index contributed by atoms with van der Waals surface area (Å²) in [5.41, 5.74) is 0.795. The highest BCUT2D eigenvalue weighted by molar-refractivity contribution is 6.32. The van der Waals surface area contributed by atoms with Gasteiger partial charge in [-0.05, 0) is 100 Å². The second kappa shape index (κ2) is 10.7. The summed E-state index contributed by atoms with van der Waals surface area (Å²) >= 11 is 6.28.